The summed E-state index contributed by atoms with van der Waals surface area (Å²) in [6.45, 7) is 3.91. The molecule has 2 rings (SSSR count). The van der Waals surface area contributed by atoms with Gasteiger partial charge in [-0.1, -0.05) is 25.7 Å². The highest BCUT2D eigenvalue weighted by Crippen LogP contribution is 2.34. The lowest BCUT2D eigenvalue weighted by molar-refractivity contribution is -0.128. The fourth-order valence-electron chi connectivity index (χ4n) is 3.22. The van der Waals surface area contributed by atoms with Gasteiger partial charge in [-0.2, -0.15) is 5.26 Å². The number of nitrogens with zero attached hydrogens (tertiary/aromatic N) is 2. The van der Waals surface area contributed by atoms with Crippen molar-refractivity contribution in [2.75, 3.05) is 26.2 Å². The first-order valence-electron chi connectivity index (χ1n) is 7.69. The molecule has 1 N–H and O–H groups in total. The minimum Gasteiger partial charge on any atom is -0.353 e. The summed E-state index contributed by atoms with van der Waals surface area (Å²) in [7, 11) is 0. The third-order valence-corrected chi connectivity index (χ3v) is 4.52. The summed E-state index contributed by atoms with van der Waals surface area (Å²) in [5.74, 6) is -0.0314. The second kappa shape index (κ2) is 6.91. The van der Waals surface area contributed by atoms with E-state index in [2.05, 4.69) is 16.3 Å². The Morgan fingerprint density at radius 3 is 2.32 bits per heavy atom. The van der Waals surface area contributed by atoms with Crippen LogP contribution in [-0.4, -0.2) is 37.0 Å². The lowest BCUT2D eigenvalue weighted by Crippen LogP contribution is -2.42. The second-order valence-electron chi connectivity index (χ2n) is 5.91. The molecule has 0 unspecified atom stereocenters. The van der Waals surface area contributed by atoms with Gasteiger partial charge >= 0.3 is 0 Å². The van der Waals surface area contributed by atoms with E-state index in [1.165, 1.54) is 12.8 Å². The number of likely N-dealkylation sites (tertiary alicyclic amines) is 1. The molecular formula is C15H25N3O. The number of nitrogens with one attached hydrogen (secondary N) is 1. The molecule has 1 aliphatic carbocycles. The zero-order valence-corrected chi connectivity index (χ0v) is 11.8. The predicted molar refractivity (Wildman–Crippen MR) is 74.4 cm³/mol. The van der Waals surface area contributed by atoms with Gasteiger partial charge in [0.15, 0.2) is 0 Å². The van der Waals surface area contributed by atoms with E-state index in [4.69, 9.17) is 0 Å². The predicted octanol–water partition coefficient (Wildman–Crippen LogP) is 2.06. The van der Waals surface area contributed by atoms with Gasteiger partial charge in [0.2, 0.25) is 5.91 Å². The van der Waals surface area contributed by atoms with Gasteiger partial charge in [-0.3, -0.25) is 4.79 Å². The summed E-state index contributed by atoms with van der Waals surface area (Å²) in [4.78, 5) is 14.7. The Balaban J connectivity index is 1.80. The lowest BCUT2D eigenvalue weighted by Gasteiger charge is -2.24. The lowest BCUT2D eigenvalue weighted by atomic mass is 9.81. The molecule has 2 aliphatic rings. The summed E-state index contributed by atoms with van der Waals surface area (Å²) >= 11 is 0. The molecule has 106 valence electrons. The van der Waals surface area contributed by atoms with Crippen molar-refractivity contribution in [3.63, 3.8) is 0 Å². The summed E-state index contributed by atoms with van der Waals surface area (Å²) < 4.78 is 0. The second-order valence-corrected chi connectivity index (χ2v) is 5.91. The van der Waals surface area contributed by atoms with Crippen molar-refractivity contribution in [3.05, 3.63) is 0 Å². The highest BCUT2D eigenvalue weighted by molar-refractivity contribution is 5.85. The number of rotatable bonds is 4. The van der Waals surface area contributed by atoms with Gasteiger partial charge in [0.25, 0.3) is 0 Å². The summed E-state index contributed by atoms with van der Waals surface area (Å²) in [6, 6.07) is 2.31. The van der Waals surface area contributed by atoms with Gasteiger partial charge in [-0.25, -0.2) is 0 Å². The molecule has 4 heteroatoms. The zero-order valence-electron chi connectivity index (χ0n) is 11.8. The number of nitriles is 1. The van der Waals surface area contributed by atoms with E-state index < -0.39 is 5.41 Å². The maximum atomic E-state index is 12.3. The van der Waals surface area contributed by atoms with Crippen LogP contribution in [-0.2, 0) is 4.79 Å². The molecular weight excluding hydrogens is 238 g/mol. The van der Waals surface area contributed by atoms with Crippen molar-refractivity contribution < 1.29 is 4.79 Å². The van der Waals surface area contributed by atoms with Crippen LogP contribution in [0.25, 0.3) is 0 Å². The number of hydrogen-bond acceptors (Lipinski definition) is 3. The molecule has 0 atom stereocenters. The van der Waals surface area contributed by atoms with Crippen LogP contribution in [0.4, 0.5) is 0 Å². The van der Waals surface area contributed by atoms with Crippen LogP contribution in [0.5, 0.6) is 0 Å². The molecule has 0 bridgehead atoms. The van der Waals surface area contributed by atoms with Crippen molar-refractivity contribution in [3.8, 4) is 6.07 Å². The smallest absolute Gasteiger partial charge is 0.240 e. The van der Waals surface area contributed by atoms with E-state index in [1.807, 2.05) is 0 Å². The quantitative estimate of drug-likeness (QED) is 0.790. The molecule has 0 aromatic rings. The molecule has 0 radical (unpaired) electrons. The zero-order chi connectivity index (χ0) is 13.6. The number of carbonyl (C=O) groups excluding carboxylic acids is 1. The Kier molecular flexibility index (Phi) is 5.21. The van der Waals surface area contributed by atoms with Crippen LogP contribution in [0.1, 0.15) is 51.4 Å². The minimum absolute atomic E-state index is 0.0314. The molecule has 1 heterocycles. The Morgan fingerprint density at radius 1 is 1.11 bits per heavy atom. The first kappa shape index (κ1) is 14.3. The van der Waals surface area contributed by atoms with Crippen LogP contribution in [0, 0.1) is 16.7 Å². The SMILES string of the molecule is N#CC1(C(=O)NCCN2CCCC2)CCCCCC1. The average molecular weight is 263 g/mol. The molecule has 2 fully saturated rings. The molecule has 0 aromatic heterocycles. The van der Waals surface area contributed by atoms with Crippen molar-refractivity contribution in [1.82, 2.24) is 10.2 Å². The number of hydrogen-bond donors (Lipinski definition) is 1. The van der Waals surface area contributed by atoms with Gasteiger partial charge in [-0.05, 0) is 38.8 Å². The van der Waals surface area contributed by atoms with Crippen molar-refractivity contribution in [1.29, 1.82) is 5.26 Å². The monoisotopic (exact) mass is 263 g/mol. The maximum Gasteiger partial charge on any atom is 0.240 e. The Morgan fingerprint density at radius 2 is 1.74 bits per heavy atom. The Hall–Kier alpha value is -1.08. The first-order chi connectivity index (χ1) is 9.27. The molecule has 0 aromatic carbocycles. The van der Waals surface area contributed by atoms with Gasteiger partial charge in [0, 0.05) is 13.1 Å². The fraction of sp³-hybridized carbons (Fsp3) is 0.867. The first-order valence-corrected chi connectivity index (χ1v) is 7.69. The maximum absolute atomic E-state index is 12.3. The molecule has 1 saturated carbocycles. The molecule has 1 saturated heterocycles. The van der Waals surface area contributed by atoms with Crippen molar-refractivity contribution in [2.45, 2.75) is 51.4 Å². The van der Waals surface area contributed by atoms with Gasteiger partial charge in [-0.15, -0.1) is 0 Å². The molecule has 1 aliphatic heterocycles. The normalized spacial score (nSPS) is 23.5. The molecule has 4 nitrogen and oxygen atoms in total. The van der Waals surface area contributed by atoms with Crippen molar-refractivity contribution in [2.24, 2.45) is 5.41 Å². The summed E-state index contributed by atoms with van der Waals surface area (Å²) in [5, 5.41) is 12.4. The fourth-order valence-corrected chi connectivity index (χ4v) is 3.22. The van der Waals surface area contributed by atoms with Gasteiger partial charge in [0.05, 0.1) is 6.07 Å². The van der Waals surface area contributed by atoms with Crippen LogP contribution in [0.2, 0.25) is 0 Å². The van der Waals surface area contributed by atoms with E-state index in [0.717, 1.165) is 58.2 Å². The van der Waals surface area contributed by atoms with Crippen molar-refractivity contribution >= 4 is 5.91 Å². The van der Waals surface area contributed by atoms with Gasteiger partial charge < -0.3 is 10.2 Å². The van der Waals surface area contributed by atoms with Crippen LogP contribution in [0.15, 0.2) is 0 Å². The van der Waals surface area contributed by atoms with Crippen LogP contribution >= 0.6 is 0 Å². The largest absolute Gasteiger partial charge is 0.353 e. The molecule has 1 amide bonds. The van der Waals surface area contributed by atoms with E-state index >= 15 is 0 Å². The summed E-state index contributed by atoms with van der Waals surface area (Å²) in [6.07, 6.45) is 8.35. The van der Waals surface area contributed by atoms with E-state index in [9.17, 15) is 10.1 Å². The minimum atomic E-state index is -0.749. The summed E-state index contributed by atoms with van der Waals surface area (Å²) in [5.41, 5.74) is -0.749. The topological polar surface area (TPSA) is 56.1 Å². The molecule has 0 spiro atoms. The Labute approximate surface area is 116 Å². The number of carbonyl (C=O) groups is 1. The van der Waals surface area contributed by atoms with E-state index in [-0.39, 0.29) is 5.91 Å². The van der Waals surface area contributed by atoms with E-state index in [1.54, 1.807) is 0 Å². The number of amides is 1. The average Bonchev–Trinajstić information content (AvgIpc) is 2.82. The third-order valence-electron chi connectivity index (χ3n) is 4.52. The van der Waals surface area contributed by atoms with Crippen LogP contribution < -0.4 is 5.32 Å². The Bertz CT molecular complexity index is 334. The highest BCUT2D eigenvalue weighted by Gasteiger charge is 2.38. The van der Waals surface area contributed by atoms with E-state index in [0.29, 0.717) is 6.54 Å². The van der Waals surface area contributed by atoms with Gasteiger partial charge in [0.1, 0.15) is 5.41 Å². The standard InChI is InChI=1S/C15H25N3O/c16-13-15(7-3-1-2-4-8-15)14(19)17-9-12-18-10-5-6-11-18/h1-12H2,(H,17,19). The highest BCUT2D eigenvalue weighted by atomic mass is 16.2. The van der Waals surface area contributed by atoms with Crippen LogP contribution in [0.3, 0.4) is 0 Å². The third kappa shape index (κ3) is 3.70. The molecule has 19 heavy (non-hydrogen) atoms.